The topological polar surface area (TPSA) is 30.2 Å². The third-order valence-electron chi connectivity index (χ3n) is 3.38. The van der Waals surface area contributed by atoms with E-state index in [1.165, 1.54) is 28.7 Å². The molecule has 1 aromatic carbocycles. The molecule has 96 valence electrons. The molecule has 0 saturated carbocycles. The molecule has 0 radical (unpaired) electrons. The van der Waals surface area contributed by atoms with Gasteiger partial charge >= 0.3 is 0 Å². The summed E-state index contributed by atoms with van der Waals surface area (Å²) in [4.78, 5) is 10.3. The fourth-order valence-corrected chi connectivity index (χ4v) is 2.31. The normalized spacial score (nSPS) is 12.8. The molecule has 0 aliphatic carbocycles. The Kier molecular flexibility index (Phi) is 4.26. The van der Waals surface area contributed by atoms with Gasteiger partial charge in [-0.25, -0.2) is 4.98 Å². The maximum absolute atomic E-state index is 4.52. The van der Waals surface area contributed by atoms with E-state index >= 15 is 0 Å². The third-order valence-corrected chi connectivity index (χ3v) is 3.38. The summed E-state index contributed by atoms with van der Waals surface area (Å²) in [6.07, 6.45) is 4.15. The number of benzene rings is 1. The van der Waals surface area contributed by atoms with Gasteiger partial charge in [-0.2, -0.15) is 4.98 Å². The standard InChI is InChI=1S/C15H21N3/c1-4-6-9-18(5-2)15-13-10-12(3)7-8-14(13)16-11-17-15/h7-8,10-11H,4-6,9H2,1-3H3/p+1. The zero-order valence-electron chi connectivity index (χ0n) is 11.5. The van der Waals surface area contributed by atoms with Gasteiger partial charge in [0.2, 0.25) is 5.82 Å². The molecule has 0 aliphatic rings. The van der Waals surface area contributed by atoms with Crippen molar-refractivity contribution in [2.24, 2.45) is 0 Å². The molecule has 3 heteroatoms. The highest BCUT2D eigenvalue weighted by molar-refractivity contribution is 5.85. The zero-order valence-corrected chi connectivity index (χ0v) is 11.5. The van der Waals surface area contributed by atoms with Gasteiger partial charge in [0.25, 0.3) is 0 Å². The summed E-state index contributed by atoms with van der Waals surface area (Å²) in [5.41, 5.74) is 2.32. The van der Waals surface area contributed by atoms with Gasteiger partial charge in [-0.05, 0) is 32.4 Å². The van der Waals surface area contributed by atoms with Crippen molar-refractivity contribution in [3.8, 4) is 0 Å². The first-order valence-corrected chi connectivity index (χ1v) is 6.82. The van der Waals surface area contributed by atoms with Gasteiger partial charge in [-0.15, -0.1) is 0 Å². The molecule has 1 atom stereocenters. The molecule has 0 saturated heterocycles. The van der Waals surface area contributed by atoms with Crippen LogP contribution in [0.3, 0.4) is 0 Å². The van der Waals surface area contributed by atoms with E-state index in [0.717, 1.165) is 24.4 Å². The minimum atomic E-state index is 1.05. The lowest BCUT2D eigenvalue weighted by atomic mass is 10.1. The van der Waals surface area contributed by atoms with Crippen LogP contribution in [0.2, 0.25) is 0 Å². The SMILES string of the molecule is CCCC[NH+](CC)c1ncnc2ccc(C)cc12. The summed E-state index contributed by atoms with van der Waals surface area (Å²) in [6.45, 7) is 8.78. The van der Waals surface area contributed by atoms with Gasteiger partial charge in [-0.1, -0.05) is 25.0 Å². The number of unbranched alkanes of at least 4 members (excludes halogenated alkanes) is 1. The molecule has 2 aromatic rings. The molecular formula is C15H22N3+. The molecular weight excluding hydrogens is 222 g/mol. The van der Waals surface area contributed by atoms with Crippen LogP contribution in [-0.2, 0) is 0 Å². The van der Waals surface area contributed by atoms with E-state index < -0.39 is 0 Å². The lowest BCUT2D eigenvalue weighted by molar-refractivity contribution is -0.832. The van der Waals surface area contributed by atoms with E-state index in [1.54, 1.807) is 6.33 Å². The molecule has 0 amide bonds. The van der Waals surface area contributed by atoms with Crippen LogP contribution < -0.4 is 4.90 Å². The number of quaternary nitrogens is 1. The predicted molar refractivity (Wildman–Crippen MR) is 75.2 cm³/mol. The molecule has 2 rings (SSSR count). The van der Waals surface area contributed by atoms with Crippen molar-refractivity contribution in [3.63, 3.8) is 0 Å². The van der Waals surface area contributed by atoms with Crippen LogP contribution in [0.5, 0.6) is 0 Å². The quantitative estimate of drug-likeness (QED) is 0.874. The minimum absolute atomic E-state index is 1.05. The van der Waals surface area contributed by atoms with Gasteiger partial charge in [-0.3, -0.25) is 4.90 Å². The van der Waals surface area contributed by atoms with E-state index in [1.807, 2.05) is 0 Å². The molecule has 3 nitrogen and oxygen atoms in total. The molecule has 1 heterocycles. The molecule has 1 N–H and O–H groups in total. The number of fused-ring (bicyclic) bond motifs is 1. The summed E-state index contributed by atoms with van der Waals surface area (Å²) >= 11 is 0. The Morgan fingerprint density at radius 1 is 1.17 bits per heavy atom. The largest absolute Gasteiger partial charge is 0.286 e. The average Bonchev–Trinajstić information content (AvgIpc) is 2.40. The molecule has 0 aliphatic heterocycles. The first kappa shape index (κ1) is 13.0. The van der Waals surface area contributed by atoms with Crippen molar-refractivity contribution in [3.05, 3.63) is 30.1 Å². The molecule has 0 fully saturated rings. The van der Waals surface area contributed by atoms with Gasteiger partial charge in [0.1, 0.15) is 6.33 Å². The Balaban J connectivity index is 2.44. The number of rotatable bonds is 5. The number of hydrogen-bond donors (Lipinski definition) is 1. The van der Waals surface area contributed by atoms with Crippen LogP contribution >= 0.6 is 0 Å². The van der Waals surface area contributed by atoms with Crippen LogP contribution in [0, 0.1) is 6.92 Å². The Labute approximate surface area is 109 Å². The Bertz CT molecular complexity index is 522. The Hall–Kier alpha value is -1.48. The summed E-state index contributed by atoms with van der Waals surface area (Å²) in [7, 11) is 0. The van der Waals surface area contributed by atoms with E-state index in [9.17, 15) is 0 Å². The van der Waals surface area contributed by atoms with Crippen LogP contribution in [0.25, 0.3) is 10.9 Å². The van der Waals surface area contributed by atoms with Crippen LogP contribution in [-0.4, -0.2) is 23.1 Å². The maximum Gasteiger partial charge on any atom is 0.236 e. The van der Waals surface area contributed by atoms with Gasteiger partial charge < -0.3 is 0 Å². The highest BCUT2D eigenvalue weighted by atomic mass is 15.2. The second-order valence-electron chi connectivity index (χ2n) is 4.80. The zero-order chi connectivity index (χ0) is 13.0. The lowest BCUT2D eigenvalue weighted by Gasteiger charge is -2.17. The number of aryl methyl sites for hydroxylation is 1. The van der Waals surface area contributed by atoms with Crippen molar-refractivity contribution < 1.29 is 4.90 Å². The average molecular weight is 244 g/mol. The second-order valence-corrected chi connectivity index (χ2v) is 4.80. The van der Waals surface area contributed by atoms with Crippen LogP contribution in [0.4, 0.5) is 5.82 Å². The predicted octanol–water partition coefficient (Wildman–Crippen LogP) is 2.27. The number of hydrogen-bond acceptors (Lipinski definition) is 2. The molecule has 1 aromatic heterocycles. The number of aromatic nitrogens is 2. The Morgan fingerprint density at radius 2 is 2.00 bits per heavy atom. The smallest absolute Gasteiger partial charge is 0.236 e. The van der Waals surface area contributed by atoms with Crippen molar-refractivity contribution in [2.45, 2.75) is 33.6 Å². The summed E-state index contributed by atoms with van der Waals surface area (Å²) in [6, 6.07) is 6.39. The Morgan fingerprint density at radius 3 is 2.72 bits per heavy atom. The minimum Gasteiger partial charge on any atom is -0.286 e. The summed E-state index contributed by atoms with van der Waals surface area (Å²) < 4.78 is 0. The monoisotopic (exact) mass is 244 g/mol. The van der Waals surface area contributed by atoms with Gasteiger partial charge in [0.05, 0.1) is 24.0 Å². The van der Waals surface area contributed by atoms with Crippen molar-refractivity contribution in [1.29, 1.82) is 0 Å². The highest BCUT2D eigenvalue weighted by Gasteiger charge is 2.15. The second kappa shape index (κ2) is 5.91. The van der Waals surface area contributed by atoms with Crippen molar-refractivity contribution >= 4 is 16.7 Å². The van der Waals surface area contributed by atoms with Crippen molar-refractivity contribution in [1.82, 2.24) is 9.97 Å². The van der Waals surface area contributed by atoms with Crippen LogP contribution in [0.1, 0.15) is 32.3 Å². The molecule has 0 spiro atoms. The van der Waals surface area contributed by atoms with Crippen LogP contribution in [0.15, 0.2) is 24.5 Å². The first-order chi connectivity index (χ1) is 8.76. The van der Waals surface area contributed by atoms with E-state index in [-0.39, 0.29) is 0 Å². The summed E-state index contributed by atoms with van der Waals surface area (Å²) in [5.74, 6) is 1.15. The van der Waals surface area contributed by atoms with E-state index in [2.05, 4.69) is 48.9 Å². The lowest BCUT2D eigenvalue weighted by Crippen LogP contribution is -3.07. The van der Waals surface area contributed by atoms with Gasteiger partial charge in [0.15, 0.2) is 0 Å². The molecule has 1 unspecified atom stereocenters. The molecule has 0 bridgehead atoms. The third kappa shape index (κ3) is 2.67. The fraction of sp³-hybridized carbons (Fsp3) is 0.467. The highest BCUT2D eigenvalue weighted by Crippen LogP contribution is 2.17. The van der Waals surface area contributed by atoms with Crippen molar-refractivity contribution in [2.75, 3.05) is 13.1 Å². The number of nitrogens with one attached hydrogen (secondary N) is 1. The van der Waals surface area contributed by atoms with E-state index in [4.69, 9.17) is 0 Å². The first-order valence-electron chi connectivity index (χ1n) is 6.82. The van der Waals surface area contributed by atoms with Gasteiger partial charge in [0, 0.05) is 0 Å². The molecule has 18 heavy (non-hydrogen) atoms. The number of nitrogens with zero attached hydrogens (tertiary/aromatic N) is 2. The summed E-state index contributed by atoms with van der Waals surface area (Å²) in [5, 5.41) is 1.20. The maximum atomic E-state index is 4.52. The fourth-order valence-electron chi connectivity index (χ4n) is 2.31. The van der Waals surface area contributed by atoms with E-state index in [0.29, 0.717) is 0 Å².